The molecule has 0 aliphatic heterocycles. The van der Waals surface area contributed by atoms with Crippen LogP contribution in [0.1, 0.15) is 43.1 Å². The zero-order valence-corrected chi connectivity index (χ0v) is 21.3. The Bertz CT molecular complexity index is 1200. The molecule has 0 bridgehead atoms. The van der Waals surface area contributed by atoms with E-state index in [1.165, 1.54) is 0 Å². The van der Waals surface area contributed by atoms with Crippen LogP contribution in [0.4, 0.5) is 21.9 Å². The average molecular weight is 504 g/mol. The van der Waals surface area contributed by atoms with Crippen molar-refractivity contribution in [2.45, 2.75) is 39.2 Å². The number of benzene rings is 3. The van der Waals surface area contributed by atoms with E-state index in [1.54, 1.807) is 69.3 Å². The van der Waals surface area contributed by atoms with Gasteiger partial charge >= 0.3 is 6.09 Å². The number of aliphatic hydroxyl groups is 1. The minimum absolute atomic E-state index is 0.107. The number of carbonyl (C=O) groups excluding carboxylic acids is 3. The maximum Gasteiger partial charge on any atom is 0.412 e. The molecule has 1 atom stereocenters. The van der Waals surface area contributed by atoms with E-state index >= 15 is 0 Å². The van der Waals surface area contributed by atoms with E-state index in [0.29, 0.717) is 35.5 Å². The van der Waals surface area contributed by atoms with Crippen molar-refractivity contribution in [2.24, 2.45) is 5.92 Å². The van der Waals surface area contributed by atoms with Gasteiger partial charge in [0.25, 0.3) is 5.91 Å². The summed E-state index contributed by atoms with van der Waals surface area (Å²) in [5, 5.41) is 17.8. The van der Waals surface area contributed by atoms with Gasteiger partial charge in [-0.25, -0.2) is 4.79 Å². The van der Waals surface area contributed by atoms with Crippen LogP contribution in [0.2, 0.25) is 0 Å². The predicted molar refractivity (Wildman–Crippen MR) is 145 cm³/mol. The van der Waals surface area contributed by atoms with Gasteiger partial charge in [0.2, 0.25) is 5.91 Å². The number of ether oxygens (including phenoxy) is 1. The van der Waals surface area contributed by atoms with Crippen LogP contribution in [0.3, 0.4) is 0 Å². The molecule has 3 aromatic rings. The first-order valence-corrected chi connectivity index (χ1v) is 12.1. The van der Waals surface area contributed by atoms with Crippen LogP contribution in [0, 0.1) is 5.92 Å². The minimum Gasteiger partial charge on any atom is -0.444 e. The van der Waals surface area contributed by atoms with Crippen LogP contribution in [-0.4, -0.2) is 35.2 Å². The number of hydrogen-bond acceptors (Lipinski definition) is 5. The summed E-state index contributed by atoms with van der Waals surface area (Å²) in [6.07, 6.45) is 0.124. The molecule has 4 N–H and O–H groups in total. The van der Waals surface area contributed by atoms with Crippen molar-refractivity contribution in [1.29, 1.82) is 0 Å². The number of hydrogen-bond donors (Lipinski definition) is 4. The summed E-state index contributed by atoms with van der Waals surface area (Å²) >= 11 is 0. The van der Waals surface area contributed by atoms with Gasteiger partial charge < -0.3 is 20.5 Å². The highest BCUT2D eigenvalue weighted by Gasteiger charge is 2.20. The molecule has 0 spiro atoms. The van der Waals surface area contributed by atoms with Crippen molar-refractivity contribution >= 4 is 35.0 Å². The first-order chi connectivity index (χ1) is 17.6. The monoisotopic (exact) mass is 503 g/mol. The molecule has 0 aliphatic rings. The molecule has 0 heterocycles. The van der Waals surface area contributed by atoms with Gasteiger partial charge in [-0.05, 0) is 75.6 Å². The Balaban J connectivity index is 1.64. The van der Waals surface area contributed by atoms with Gasteiger partial charge in [0, 0.05) is 23.8 Å². The summed E-state index contributed by atoms with van der Waals surface area (Å²) in [6.45, 7) is 5.20. The molecule has 0 radical (unpaired) electrons. The number of nitrogens with one attached hydrogen (secondary N) is 3. The Morgan fingerprint density at radius 1 is 0.811 bits per heavy atom. The number of carbonyl (C=O) groups is 3. The van der Waals surface area contributed by atoms with Crippen molar-refractivity contribution in [3.63, 3.8) is 0 Å². The normalized spacial score (nSPS) is 11.8. The highest BCUT2D eigenvalue weighted by Crippen LogP contribution is 2.23. The largest absolute Gasteiger partial charge is 0.444 e. The van der Waals surface area contributed by atoms with Crippen molar-refractivity contribution < 1.29 is 24.2 Å². The highest BCUT2D eigenvalue weighted by atomic mass is 16.6. The van der Waals surface area contributed by atoms with E-state index < -0.39 is 17.6 Å². The first kappa shape index (κ1) is 27.4. The predicted octanol–water partition coefficient (Wildman–Crippen LogP) is 5.47. The van der Waals surface area contributed by atoms with Crippen LogP contribution in [-0.2, 0) is 16.0 Å². The number of rotatable bonds is 9. The summed E-state index contributed by atoms with van der Waals surface area (Å²) in [7, 11) is 0. The van der Waals surface area contributed by atoms with E-state index in [0.717, 1.165) is 5.56 Å². The van der Waals surface area contributed by atoms with Gasteiger partial charge in [-0.1, -0.05) is 42.5 Å². The number of amides is 3. The Morgan fingerprint density at radius 3 is 2.00 bits per heavy atom. The van der Waals surface area contributed by atoms with E-state index in [-0.39, 0.29) is 18.4 Å². The van der Waals surface area contributed by atoms with Crippen LogP contribution < -0.4 is 16.0 Å². The number of anilines is 3. The molecule has 3 aromatic carbocycles. The standard InChI is InChI=1S/C29H33N3O5/c1-29(2,3)37-28(36)32-25-12-8-7-11-24(25)31-26(34)21-15-13-20(14-16-21)19-22(17-18-33)27(35)30-23-9-5-4-6-10-23/h4-16,22,33H,17-19H2,1-3H3,(H,30,35)(H,31,34)(H,32,36). The third kappa shape index (κ3) is 8.77. The molecular formula is C29H33N3O5. The molecule has 1 unspecified atom stereocenters. The van der Waals surface area contributed by atoms with Gasteiger partial charge in [-0.3, -0.25) is 14.9 Å². The number of aliphatic hydroxyl groups excluding tert-OH is 1. The molecule has 8 nitrogen and oxygen atoms in total. The van der Waals surface area contributed by atoms with Crippen molar-refractivity contribution in [1.82, 2.24) is 0 Å². The topological polar surface area (TPSA) is 117 Å². The SMILES string of the molecule is CC(C)(C)OC(=O)Nc1ccccc1NC(=O)c1ccc(CC(CCO)C(=O)Nc2ccccc2)cc1. The maximum absolute atomic E-state index is 12.9. The lowest BCUT2D eigenvalue weighted by Crippen LogP contribution is -2.27. The van der Waals surface area contributed by atoms with Gasteiger partial charge in [0.15, 0.2) is 0 Å². The van der Waals surface area contributed by atoms with Crippen LogP contribution >= 0.6 is 0 Å². The van der Waals surface area contributed by atoms with E-state index in [2.05, 4.69) is 16.0 Å². The molecule has 37 heavy (non-hydrogen) atoms. The Kier molecular flexibility index (Phi) is 9.40. The molecule has 0 aromatic heterocycles. The summed E-state index contributed by atoms with van der Waals surface area (Å²) in [4.78, 5) is 37.8. The van der Waals surface area contributed by atoms with Crippen LogP contribution in [0.15, 0.2) is 78.9 Å². The second-order valence-electron chi connectivity index (χ2n) is 9.59. The second-order valence-corrected chi connectivity index (χ2v) is 9.59. The molecule has 3 rings (SSSR count). The zero-order valence-electron chi connectivity index (χ0n) is 21.3. The molecule has 194 valence electrons. The Morgan fingerprint density at radius 2 is 1.41 bits per heavy atom. The van der Waals surface area contributed by atoms with Crippen LogP contribution in [0.5, 0.6) is 0 Å². The van der Waals surface area contributed by atoms with Crippen molar-refractivity contribution in [3.8, 4) is 0 Å². The molecule has 3 amide bonds. The molecular weight excluding hydrogens is 470 g/mol. The summed E-state index contributed by atoms with van der Waals surface area (Å²) in [6, 6.07) is 23.0. The van der Waals surface area contributed by atoms with Gasteiger partial charge in [0.1, 0.15) is 5.60 Å². The zero-order chi connectivity index (χ0) is 26.8. The second kappa shape index (κ2) is 12.7. The fourth-order valence-corrected chi connectivity index (χ4v) is 3.63. The van der Waals surface area contributed by atoms with E-state index in [1.807, 2.05) is 30.3 Å². The molecule has 0 aliphatic carbocycles. The molecule has 0 saturated carbocycles. The van der Waals surface area contributed by atoms with Crippen molar-refractivity contribution in [2.75, 3.05) is 22.6 Å². The van der Waals surface area contributed by atoms with E-state index in [9.17, 15) is 19.5 Å². The molecule has 0 fully saturated rings. The van der Waals surface area contributed by atoms with Crippen molar-refractivity contribution in [3.05, 3.63) is 90.0 Å². The summed E-state index contributed by atoms with van der Waals surface area (Å²) in [5.74, 6) is -0.939. The van der Waals surface area contributed by atoms with Gasteiger partial charge in [-0.15, -0.1) is 0 Å². The molecule has 0 saturated heterocycles. The van der Waals surface area contributed by atoms with Gasteiger partial charge in [0.05, 0.1) is 11.4 Å². The molecule has 8 heteroatoms. The van der Waals surface area contributed by atoms with E-state index in [4.69, 9.17) is 4.74 Å². The average Bonchev–Trinajstić information content (AvgIpc) is 2.85. The third-order valence-corrected chi connectivity index (χ3v) is 5.40. The maximum atomic E-state index is 12.9. The third-order valence-electron chi connectivity index (χ3n) is 5.40. The summed E-state index contributed by atoms with van der Waals surface area (Å²) < 4.78 is 5.29. The smallest absolute Gasteiger partial charge is 0.412 e. The minimum atomic E-state index is -0.650. The lowest BCUT2D eigenvalue weighted by molar-refractivity contribution is -0.120. The highest BCUT2D eigenvalue weighted by molar-refractivity contribution is 6.06. The Hall–Kier alpha value is -4.17. The Labute approximate surface area is 217 Å². The lowest BCUT2D eigenvalue weighted by atomic mass is 9.94. The first-order valence-electron chi connectivity index (χ1n) is 12.1. The lowest BCUT2D eigenvalue weighted by Gasteiger charge is -2.20. The summed E-state index contributed by atoms with van der Waals surface area (Å²) in [5.41, 5.74) is 2.18. The quantitative estimate of drug-likeness (QED) is 0.309. The fraction of sp³-hybridized carbons (Fsp3) is 0.276. The number of para-hydroxylation sites is 3. The fourth-order valence-electron chi connectivity index (χ4n) is 3.63. The van der Waals surface area contributed by atoms with Crippen LogP contribution in [0.25, 0.3) is 0 Å². The van der Waals surface area contributed by atoms with Gasteiger partial charge in [-0.2, -0.15) is 0 Å².